The van der Waals surface area contributed by atoms with Crippen molar-refractivity contribution in [2.75, 3.05) is 13.2 Å². The van der Waals surface area contributed by atoms with Gasteiger partial charge in [0.1, 0.15) is 13.2 Å². The second-order valence-electron chi connectivity index (χ2n) is 17.0. The Balaban J connectivity index is 4.55. The Kier molecular flexibility index (Phi) is 50.0. The minimum absolute atomic E-state index is 0.118. The van der Waals surface area contributed by atoms with Crippen LogP contribution >= 0.6 is 0 Å². The number of esters is 3. The normalized spacial score (nSPS) is 13.1. The minimum Gasteiger partial charge on any atom is -0.462 e. The maximum absolute atomic E-state index is 12.8. The Bertz CT molecular complexity index is 1420. The average molecular weight is 913 g/mol. The molecule has 0 saturated heterocycles. The third-order valence-electron chi connectivity index (χ3n) is 10.7. The number of allylic oxidation sites excluding steroid dienone is 20. The molecule has 0 amide bonds. The molecule has 0 aromatic heterocycles. The predicted octanol–water partition coefficient (Wildman–Crippen LogP) is 17.7. The zero-order chi connectivity index (χ0) is 47.9. The fraction of sp³-hybridized carbons (Fsp3) is 0.617. The first kappa shape index (κ1) is 61.8. The van der Waals surface area contributed by atoms with Gasteiger partial charge in [0, 0.05) is 19.3 Å². The third kappa shape index (κ3) is 50.8. The van der Waals surface area contributed by atoms with Gasteiger partial charge in [0.2, 0.25) is 0 Å². The molecule has 0 fully saturated rings. The van der Waals surface area contributed by atoms with Gasteiger partial charge in [0.05, 0.1) is 0 Å². The first-order valence-electron chi connectivity index (χ1n) is 26.5. The molecule has 0 radical (unpaired) electrons. The molecule has 0 aliphatic heterocycles. The molecule has 0 spiro atoms. The van der Waals surface area contributed by atoms with E-state index in [1.165, 1.54) is 64.2 Å². The lowest BCUT2D eigenvalue weighted by Crippen LogP contribution is -2.30. The summed E-state index contributed by atoms with van der Waals surface area (Å²) in [7, 11) is 0. The van der Waals surface area contributed by atoms with Crippen LogP contribution in [0.4, 0.5) is 0 Å². The van der Waals surface area contributed by atoms with Crippen molar-refractivity contribution in [3.05, 3.63) is 122 Å². The lowest BCUT2D eigenvalue weighted by Gasteiger charge is -2.18. The van der Waals surface area contributed by atoms with Crippen LogP contribution in [-0.4, -0.2) is 37.2 Å². The molecule has 372 valence electrons. The molecule has 0 aromatic rings. The molecule has 0 N–H and O–H groups in total. The lowest BCUT2D eigenvalue weighted by molar-refractivity contribution is -0.166. The molecule has 0 aromatic carbocycles. The zero-order valence-corrected chi connectivity index (χ0v) is 42.4. The Morgan fingerprint density at radius 1 is 0.318 bits per heavy atom. The van der Waals surface area contributed by atoms with Crippen molar-refractivity contribution in [3.8, 4) is 0 Å². The fourth-order valence-corrected chi connectivity index (χ4v) is 6.77. The standard InChI is InChI=1S/C60H96O6/c1-4-7-10-13-16-19-22-25-28-29-30-31-33-35-38-41-44-47-50-53-59(62)65-56-57(55-64-58(61)52-49-46-43-40-37-34-27-24-21-18-15-12-9-6-3)66-60(63)54-51-48-45-42-39-36-32-26-23-20-17-14-11-8-5-2/h7,9-10,12,16,18-21,23,25,27-28,30-31,34-35,38,44,47,57H,4-6,8,11,13-15,17,22,24,26,29,32-33,36-37,39-43,45-46,48-56H2,1-3H3/b10-7-,12-9-,19-16-,21-18-,23-20-,28-25-,31-30-,34-27-,38-35-,47-44-. The molecule has 0 aliphatic carbocycles. The maximum atomic E-state index is 12.8. The van der Waals surface area contributed by atoms with E-state index in [0.717, 1.165) is 109 Å². The minimum atomic E-state index is -0.823. The Hall–Kier alpha value is -4.19. The van der Waals surface area contributed by atoms with Gasteiger partial charge < -0.3 is 14.2 Å². The van der Waals surface area contributed by atoms with Crippen LogP contribution in [0.3, 0.4) is 0 Å². The van der Waals surface area contributed by atoms with Crippen LogP contribution in [0.15, 0.2) is 122 Å². The average Bonchev–Trinajstić information content (AvgIpc) is 3.31. The van der Waals surface area contributed by atoms with Crippen LogP contribution in [0.25, 0.3) is 0 Å². The maximum Gasteiger partial charge on any atom is 0.306 e. The van der Waals surface area contributed by atoms with Crippen molar-refractivity contribution in [3.63, 3.8) is 0 Å². The molecule has 0 rings (SSSR count). The zero-order valence-electron chi connectivity index (χ0n) is 42.4. The first-order valence-corrected chi connectivity index (χ1v) is 26.5. The number of hydrogen-bond acceptors (Lipinski definition) is 6. The summed E-state index contributed by atoms with van der Waals surface area (Å²) in [5, 5.41) is 0. The topological polar surface area (TPSA) is 78.9 Å². The Labute approximate surface area is 405 Å². The molecule has 6 heteroatoms. The monoisotopic (exact) mass is 913 g/mol. The number of rotatable bonds is 46. The number of ether oxygens (including phenoxy) is 3. The molecule has 1 atom stereocenters. The number of unbranched alkanes of at least 4 members (excludes halogenated alkanes) is 15. The fourth-order valence-electron chi connectivity index (χ4n) is 6.77. The molecule has 0 saturated carbocycles. The summed E-state index contributed by atoms with van der Waals surface area (Å²) in [6.45, 7) is 6.30. The van der Waals surface area contributed by atoms with Crippen LogP contribution in [0.1, 0.15) is 220 Å². The van der Waals surface area contributed by atoms with Crippen molar-refractivity contribution in [1.82, 2.24) is 0 Å². The van der Waals surface area contributed by atoms with Gasteiger partial charge >= 0.3 is 17.9 Å². The van der Waals surface area contributed by atoms with Gasteiger partial charge in [-0.05, 0) is 116 Å². The summed E-state index contributed by atoms with van der Waals surface area (Å²) in [5.74, 6) is -1.04. The molecular weight excluding hydrogens is 817 g/mol. The van der Waals surface area contributed by atoms with E-state index < -0.39 is 6.10 Å². The van der Waals surface area contributed by atoms with Gasteiger partial charge in [-0.3, -0.25) is 14.4 Å². The van der Waals surface area contributed by atoms with Gasteiger partial charge in [0.25, 0.3) is 0 Å². The summed E-state index contributed by atoms with van der Waals surface area (Å²) in [4.78, 5) is 38.0. The van der Waals surface area contributed by atoms with Crippen molar-refractivity contribution in [1.29, 1.82) is 0 Å². The molecule has 0 heterocycles. The molecule has 0 aliphatic rings. The van der Waals surface area contributed by atoms with Gasteiger partial charge in [0.15, 0.2) is 6.10 Å². The predicted molar refractivity (Wildman–Crippen MR) is 283 cm³/mol. The van der Waals surface area contributed by atoms with Crippen LogP contribution in [0.2, 0.25) is 0 Å². The van der Waals surface area contributed by atoms with E-state index in [2.05, 4.69) is 130 Å². The summed E-state index contributed by atoms with van der Waals surface area (Å²) < 4.78 is 16.7. The second-order valence-corrected chi connectivity index (χ2v) is 17.0. The van der Waals surface area contributed by atoms with E-state index in [1.54, 1.807) is 0 Å². The van der Waals surface area contributed by atoms with E-state index in [1.807, 2.05) is 12.2 Å². The molecule has 66 heavy (non-hydrogen) atoms. The Morgan fingerprint density at radius 2 is 0.621 bits per heavy atom. The lowest BCUT2D eigenvalue weighted by atomic mass is 10.1. The molecule has 0 bridgehead atoms. The van der Waals surface area contributed by atoms with Crippen molar-refractivity contribution < 1.29 is 28.6 Å². The van der Waals surface area contributed by atoms with Gasteiger partial charge in [-0.15, -0.1) is 0 Å². The quantitative estimate of drug-likeness (QED) is 0.0262. The summed E-state index contributed by atoms with van der Waals surface area (Å²) >= 11 is 0. The SMILES string of the molecule is CC/C=C\C/C=C\C/C=C\C/C=C\C/C=C\C/C=C\CCC(=O)OCC(COC(=O)CCCCCC/C=C\C/C=C\C/C=C\CC)OC(=O)CCCCCCCCC/C=C\CCCCCC. The van der Waals surface area contributed by atoms with Gasteiger partial charge in [-0.2, -0.15) is 0 Å². The van der Waals surface area contributed by atoms with E-state index in [0.29, 0.717) is 19.3 Å². The highest BCUT2D eigenvalue weighted by Gasteiger charge is 2.19. The number of carbonyl (C=O) groups is 3. The smallest absolute Gasteiger partial charge is 0.306 e. The van der Waals surface area contributed by atoms with Crippen LogP contribution < -0.4 is 0 Å². The summed E-state index contributed by atoms with van der Waals surface area (Å²) in [6.07, 6.45) is 73.3. The molecule has 6 nitrogen and oxygen atoms in total. The van der Waals surface area contributed by atoms with E-state index in [4.69, 9.17) is 14.2 Å². The molecular formula is C60H96O6. The highest BCUT2D eigenvalue weighted by atomic mass is 16.6. The van der Waals surface area contributed by atoms with Crippen LogP contribution in [0, 0.1) is 0 Å². The van der Waals surface area contributed by atoms with Gasteiger partial charge in [-0.25, -0.2) is 0 Å². The second kappa shape index (κ2) is 53.4. The summed E-state index contributed by atoms with van der Waals surface area (Å²) in [6, 6.07) is 0. The van der Waals surface area contributed by atoms with Crippen molar-refractivity contribution >= 4 is 17.9 Å². The highest BCUT2D eigenvalue weighted by Crippen LogP contribution is 2.13. The van der Waals surface area contributed by atoms with E-state index in [-0.39, 0.29) is 37.5 Å². The highest BCUT2D eigenvalue weighted by molar-refractivity contribution is 5.71. The summed E-state index contributed by atoms with van der Waals surface area (Å²) in [5.41, 5.74) is 0. The van der Waals surface area contributed by atoms with Crippen LogP contribution in [0.5, 0.6) is 0 Å². The van der Waals surface area contributed by atoms with E-state index >= 15 is 0 Å². The largest absolute Gasteiger partial charge is 0.462 e. The third-order valence-corrected chi connectivity index (χ3v) is 10.7. The molecule has 1 unspecified atom stereocenters. The number of hydrogen-bond donors (Lipinski definition) is 0. The Morgan fingerprint density at radius 3 is 1.03 bits per heavy atom. The van der Waals surface area contributed by atoms with Crippen molar-refractivity contribution in [2.24, 2.45) is 0 Å². The van der Waals surface area contributed by atoms with Crippen molar-refractivity contribution in [2.45, 2.75) is 226 Å². The van der Waals surface area contributed by atoms with Gasteiger partial charge in [-0.1, -0.05) is 206 Å². The van der Waals surface area contributed by atoms with E-state index in [9.17, 15) is 14.4 Å². The van der Waals surface area contributed by atoms with Crippen LogP contribution in [-0.2, 0) is 28.6 Å². The first-order chi connectivity index (χ1) is 32.5. The number of carbonyl (C=O) groups excluding carboxylic acids is 3.